The highest BCUT2D eigenvalue weighted by Gasteiger charge is 2.12. The second-order valence-corrected chi connectivity index (χ2v) is 5.92. The lowest BCUT2D eigenvalue weighted by Gasteiger charge is -2.13. The molecule has 2 aromatic heterocycles. The minimum atomic E-state index is 0.527. The van der Waals surface area contributed by atoms with Gasteiger partial charge in [-0.2, -0.15) is 0 Å². The third-order valence-corrected chi connectivity index (χ3v) is 4.28. The largest absolute Gasteiger partial charge is 0.497 e. The number of nitrogens with one attached hydrogen (secondary N) is 1. The lowest BCUT2D eigenvalue weighted by molar-refractivity contribution is 0.399. The number of nitrogens with zero attached hydrogens (tertiary/aromatic N) is 2. The van der Waals surface area contributed by atoms with Crippen LogP contribution in [0.4, 0.5) is 5.82 Å². The summed E-state index contributed by atoms with van der Waals surface area (Å²) in [6, 6.07) is 17.3. The molecule has 0 saturated carbocycles. The monoisotopic (exact) mass is 361 g/mol. The zero-order chi connectivity index (χ0) is 18.6. The lowest BCUT2D eigenvalue weighted by atomic mass is 10.1. The number of hydrogen-bond acceptors (Lipinski definition) is 6. The summed E-state index contributed by atoms with van der Waals surface area (Å²) in [5.74, 6) is 3.46. The van der Waals surface area contributed by atoms with Gasteiger partial charge in [0, 0.05) is 17.5 Å². The summed E-state index contributed by atoms with van der Waals surface area (Å²) >= 11 is 0. The first-order valence-electron chi connectivity index (χ1n) is 8.54. The van der Waals surface area contributed by atoms with Crippen LogP contribution in [0.15, 0.2) is 65.3 Å². The highest BCUT2D eigenvalue weighted by Crippen LogP contribution is 2.28. The van der Waals surface area contributed by atoms with E-state index in [2.05, 4.69) is 15.3 Å². The maximum atomic E-state index is 5.46. The van der Waals surface area contributed by atoms with Gasteiger partial charge in [0.2, 0.25) is 0 Å². The molecule has 0 aliphatic heterocycles. The summed E-state index contributed by atoms with van der Waals surface area (Å²) in [7, 11) is 3.30. The maximum Gasteiger partial charge on any atom is 0.198 e. The molecule has 27 heavy (non-hydrogen) atoms. The maximum absolute atomic E-state index is 5.46. The van der Waals surface area contributed by atoms with Crippen molar-refractivity contribution in [2.24, 2.45) is 0 Å². The van der Waals surface area contributed by atoms with E-state index in [1.165, 1.54) is 0 Å². The molecule has 4 aromatic rings. The van der Waals surface area contributed by atoms with Gasteiger partial charge < -0.3 is 19.2 Å². The Bertz CT molecular complexity index is 1060. The first kappa shape index (κ1) is 16.9. The third kappa shape index (κ3) is 3.42. The van der Waals surface area contributed by atoms with Crippen LogP contribution in [-0.4, -0.2) is 24.2 Å². The molecule has 1 N–H and O–H groups in total. The number of para-hydroxylation sites is 1. The van der Waals surface area contributed by atoms with Crippen LogP contribution in [-0.2, 0) is 6.54 Å². The molecular formula is C21H19N3O3. The van der Waals surface area contributed by atoms with Gasteiger partial charge in [-0.05, 0) is 42.5 Å². The molecule has 6 nitrogen and oxygen atoms in total. The van der Waals surface area contributed by atoms with Gasteiger partial charge in [-0.1, -0.05) is 12.1 Å². The predicted octanol–water partition coefficient (Wildman–Crippen LogP) is 4.52. The van der Waals surface area contributed by atoms with E-state index in [0.717, 1.165) is 33.8 Å². The number of anilines is 1. The number of hydrogen-bond donors (Lipinski definition) is 1. The number of fused-ring (bicyclic) bond motifs is 1. The van der Waals surface area contributed by atoms with E-state index in [1.54, 1.807) is 20.5 Å². The molecule has 0 atom stereocenters. The Morgan fingerprint density at radius 3 is 2.63 bits per heavy atom. The number of ether oxygens (including phenoxy) is 2. The smallest absolute Gasteiger partial charge is 0.198 e. The number of methoxy groups -OCH3 is 2. The Morgan fingerprint density at radius 1 is 0.963 bits per heavy atom. The van der Waals surface area contributed by atoms with Crippen molar-refractivity contribution in [3.05, 3.63) is 66.4 Å². The van der Waals surface area contributed by atoms with Gasteiger partial charge in [-0.15, -0.1) is 0 Å². The van der Waals surface area contributed by atoms with Crippen LogP contribution in [0.3, 0.4) is 0 Å². The SMILES string of the molecule is COc1ccc(OC)c(CNc2nc(-c3ccco3)nc3ccccc23)c1. The minimum absolute atomic E-state index is 0.527. The van der Waals surface area contributed by atoms with Gasteiger partial charge in [-0.25, -0.2) is 9.97 Å². The van der Waals surface area contributed by atoms with E-state index in [1.807, 2.05) is 54.6 Å². The van der Waals surface area contributed by atoms with Crippen LogP contribution in [0.25, 0.3) is 22.5 Å². The Labute approximate surface area is 156 Å². The average Bonchev–Trinajstić information content (AvgIpc) is 3.26. The number of benzene rings is 2. The topological polar surface area (TPSA) is 69.4 Å². The van der Waals surface area contributed by atoms with Crippen molar-refractivity contribution >= 4 is 16.7 Å². The van der Waals surface area contributed by atoms with Crippen molar-refractivity contribution in [3.8, 4) is 23.1 Å². The fraction of sp³-hybridized carbons (Fsp3) is 0.143. The second kappa shape index (κ2) is 7.37. The Kier molecular flexibility index (Phi) is 4.61. The zero-order valence-corrected chi connectivity index (χ0v) is 15.1. The van der Waals surface area contributed by atoms with Crippen molar-refractivity contribution in [1.29, 1.82) is 0 Å². The van der Waals surface area contributed by atoms with E-state index in [4.69, 9.17) is 13.9 Å². The van der Waals surface area contributed by atoms with Crippen molar-refractivity contribution in [1.82, 2.24) is 9.97 Å². The van der Waals surface area contributed by atoms with E-state index in [0.29, 0.717) is 18.1 Å². The molecule has 0 unspecified atom stereocenters. The molecular weight excluding hydrogens is 342 g/mol. The molecule has 0 fully saturated rings. The van der Waals surface area contributed by atoms with Crippen LogP contribution in [0, 0.1) is 0 Å². The highest BCUT2D eigenvalue weighted by atomic mass is 16.5. The van der Waals surface area contributed by atoms with Crippen LogP contribution in [0.2, 0.25) is 0 Å². The van der Waals surface area contributed by atoms with E-state index < -0.39 is 0 Å². The van der Waals surface area contributed by atoms with Gasteiger partial charge in [0.05, 0.1) is 26.0 Å². The van der Waals surface area contributed by atoms with Crippen LogP contribution >= 0.6 is 0 Å². The second-order valence-electron chi connectivity index (χ2n) is 5.92. The van der Waals surface area contributed by atoms with Crippen molar-refractivity contribution in [2.75, 3.05) is 19.5 Å². The molecule has 0 bridgehead atoms. The molecule has 136 valence electrons. The summed E-state index contributed by atoms with van der Waals surface area (Å²) in [5, 5.41) is 4.34. The molecule has 2 heterocycles. The standard InChI is InChI=1S/C21H19N3O3/c1-25-15-9-10-18(26-2)14(12-15)13-22-20-16-6-3-4-7-17(16)23-21(24-20)19-8-5-11-27-19/h3-12H,13H2,1-2H3,(H,22,23,24). The number of rotatable bonds is 6. The fourth-order valence-electron chi connectivity index (χ4n) is 2.93. The van der Waals surface area contributed by atoms with Crippen LogP contribution in [0.1, 0.15) is 5.56 Å². The van der Waals surface area contributed by atoms with Gasteiger partial charge >= 0.3 is 0 Å². The number of aromatic nitrogens is 2. The summed E-state index contributed by atoms with van der Waals surface area (Å²) in [6.45, 7) is 0.527. The Balaban J connectivity index is 1.71. The molecule has 0 saturated heterocycles. The van der Waals surface area contributed by atoms with Crippen LogP contribution < -0.4 is 14.8 Å². The summed E-state index contributed by atoms with van der Waals surface area (Å²) in [4.78, 5) is 9.27. The Morgan fingerprint density at radius 2 is 1.85 bits per heavy atom. The van der Waals surface area contributed by atoms with Crippen molar-refractivity contribution < 1.29 is 13.9 Å². The molecule has 0 radical (unpaired) electrons. The normalized spacial score (nSPS) is 10.7. The lowest BCUT2D eigenvalue weighted by Crippen LogP contribution is -2.05. The van der Waals surface area contributed by atoms with Crippen molar-refractivity contribution in [3.63, 3.8) is 0 Å². The van der Waals surface area contributed by atoms with Crippen LogP contribution in [0.5, 0.6) is 11.5 Å². The molecule has 4 rings (SSSR count). The average molecular weight is 361 g/mol. The predicted molar refractivity (Wildman–Crippen MR) is 104 cm³/mol. The fourth-order valence-corrected chi connectivity index (χ4v) is 2.93. The summed E-state index contributed by atoms with van der Waals surface area (Å²) in [5.41, 5.74) is 1.82. The minimum Gasteiger partial charge on any atom is -0.497 e. The summed E-state index contributed by atoms with van der Waals surface area (Å²) in [6.07, 6.45) is 1.61. The zero-order valence-electron chi connectivity index (χ0n) is 15.1. The first-order valence-corrected chi connectivity index (χ1v) is 8.54. The van der Waals surface area contributed by atoms with E-state index >= 15 is 0 Å². The first-order chi connectivity index (χ1) is 13.3. The summed E-state index contributed by atoms with van der Waals surface area (Å²) < 4.78 is 16.2. The molecule has 0 aliphatic rings. The van der Waals surface area contributed by atoms with Gasteiger partial charge in [0.1, 0.15) is 17.3 Å². The Hall–Kier alpha value is -3.54. The molecule has 0 aliphatic carbocycles. The molecule has 0 spiro atoms. The third-order valence-electron chi connectivity index (χ3n) is 4.28. The quantitative estimate of drug-likeness (QED) is 0.544. The highest BCUT2D eigenvalue weighted by molar-refractivity contribution is 5.90. The van der Waals surface area contributed by atoms with Crippen molar-refractivity contribution in [2.45, 2.75) is 6.54 Å². The van der Waals surface area contributed by atoms with Gasteiger partial charge in [-0.3, -0.25) is 0 Å². The number of furan rings is 1. The molecule has 2 aromatic carbocycles. The molecule has 0 amide bonds. The van der Waals surface area contributed by atoms with Gasteiger partial charge in [0.15, 0.2) is 11.6 Å². The van der Waals surface area contributed by atoms with Gasteiger partial charge in [0.25, 0.3) is 0 Å². The molecule has 6 heteroatoms. The van der Waals surface area contributed by atoms with E-state index in [9.17, 15) is 0 Å². The van der Waals surface area contributed by atoms with E-state index in [-0.39, 0.29) is 0 Å².